The number of hydrogen-bond donors (Lipinski definition) is 2. The van der Waals surface area contributed by atoms with E-state index < -0.39 is 0 Å². The van der Waals surface area contributed by atoms with Gasteiger partial charge in [0.25, 0.3) is 0 Å². The van der Waals surface area contributed by atoms with Gasteiger partial charge in [-0.3, -0.25) is 4.79 Å². The normalized spacial score (nSPS) is 10.3. The molecule has 0 aliphatic carbocycles. The Labute approximate surface area is 137 Å². The van der Waals surface area contributed by atoms with Crippen LogP contribution < -0.4 is 10.6 Å². The number of amides is 1. The van der Waals surface area contributed by atoms with Crippen LogP contribution in [0.3, 0.4) is 0 Å². The number of halogens is 2. The Balaban J connectivity index is 2.11. The summed E-state index contributed by atoms with van der Waals surface area (Å²) in [6.45, 7) is 4.18. The largest absolute Gasteiger partial charge is 0.381 e. The Kier molecular flexibility index (Phi) is 5.26. The lowest BCUT2D eigenvalue weighted by Crippen LogP contribution is -2.07. The molecule has 0 aromatic heterocycles. The van der Waals surface area contributed by atoms with Crippen LogP contribution in [0.4, 0.5) is 11.4 Å². The van der Waals surface area contributed by atoms with E-state index in [1.165, 1.54) is 6.92 Å². The molecule has 110 valence electrons. The van der Waals surface area contributed by atoms with Crippen LogP contribution in [0.5, 0.6) is 0 Å². The fourth-order valence-corrected chi connectivity index (χ4v) is 2.39. The molecule has 0 spiro atoms. The van der Waals surface area contributed by atoms with E-state index in [0.717, 1.165) is 27.0 Å². The quantitative estimate of drug-likeness (QED) is 0.800. The van der Waals surface area contributed by atoms with E-state index in [-0.39, 0.29) is 5.91 Å². The summed E-state index contributed by atoms with van der Waals surface area (Å²) in [4.78, 5) is 11.1. The Morgan fingerprint density at radius 3 is 2.67 bits per heavy atom. The van der Waals surface area contributed by atoms with Crippen LogP contribution in [-0.2, 0) is 11.3 Å². The molecule has 3 nitrogen and oxygen atoms in total. The van der Waals surface area contributed by atoms with Gasteiger partial charge in [0.2, 0.25) is 5.91 Å². The van der Waals surface area contributed by atoms with E-state index in [9.17, 15) is 4.79 Å². The minimum absolute atomic E-state index is 0.0792. The van der Waals surface area contributed by atoms with Gasteiger partial charge in [0.1, 0.15) is 0 Å². The Bertz CT molecular complexity index is 673. The predicted molar refractivity (Wildman–Crippen MR) is 92.0 cm³/mol. The Hall–Kier alpha value is -1.52. The minimum atomic E-state index is -0.0792. The summed E-state index contributed by atoms with van der Waals surface area (Å²) >= 11 is 9.46. The number of carbonyl (C=O) groups is 1. The number of carbonyl (C=O) groups excluding carboxylic acids is 1. The van der Waals surface area contributed by atoms with Crippen LogP contribution in [0.2, 0.25) is 5.02 Å². The molecule has 0 unspecified atom stereocenters. The maximum Gasteiger partial charge on any atom is 0.221 e. The third kappa shape index (κ3) is 4.48. The van der Waals surface area contributed by atoms with Gasteiger partial charge in [0, 0.05) is 29.3 Å². The number of nitrogens with one attached hydrogen (secondary N) is 2. The summed E-state index contributed by atoms with van der Waals surface area (Å²) in [5.74, 6) is -0.0792. The smallest absolute Gasteiger partial charge is 0.221 e. The highest BCUT2D eigenvalue weighted by Crippen LogP contribution is 2.25. The molecule has 0 atom stereocenters. The average Bonchev–Trinajstić information content (AvgIpc) is 2.42. The van der Waals surface area contributed by atoms with Gasteiger partial charge in [-0.15, -0.1) is 0 Å². The van der Waals surface area contributed by atoms with E-state index in [1.807, 2.05) is 43.3 Å². The molecule has 0 bridgehead atoms. The molecule has 0 fully saturated rings. The summed E-state index contributed by atoms with van der Waals surface area (Å²) in [7, 11) is 0. The first kappa shape index (κ1) is 15.9. The Morgan fingerprint density at radius 1 is 1.24 bits per heavy atom. The lowest BCUT2D eigenvalue weighted by Gasteiger charge is -2.12. The number of aryl methyl sites for hydroxylation is 1. The zero-order chi connectivity index (χ0) is 15.4. The molecule has 1 amide bonds. The second kappa shape index (κ2) is 6.96. The predicted octanol–water partition coefficient (Wildman–Crippen LogP) is 4.98. The van der Waals surface area contributed by atoms with Crippen molar-refractivity contribution in [3.05, 3.63) is 57.0 Å². The molecule has 5 heteroatoms. The number of rotatable bonds is 4. The third-order valence-corrected chi connectivity index (χ3v) is 4.26. The first-order chi connectivity index (χ1) is 9.95. The van der Waals surface area contributed by atoms with Gasteiger partial charge >= 0.3 is 0 Å². The van der Waals surface area contributed by atoms with Gasteiger partial charge in [0.05, 0.1) is 5.02 Å². The van der Waals surface area contributed by atoms with Crippen molar-refractivity contribution in [2.24, 2.45) is 0 Å². The van der Waals surface area contributed by atoms with Crippen molar-refractivity contribution < 1.29 is 4.79 Å². The van der Waals surface area contributed by atoms with Crippen molar-refractivity contribution in [1.29, 1.82) is 0 Å². The molecule has 0 heterocycles. The molecule has 0 aliphatic rings. The topological polar surface area (TPSA) is 41.1 Å². The van der Waals surface area contributed by atoms with Gasteiger partial charge in [-0.25, -0.2) is 0 Å². The first-order valence-corrected chi connectivity index (χ1v) is 7.69. The second-order valence-corrected chi connectivity index (χ2v) is 6.07. The zero-order valence-corrected chi connectivity index (χ0v) is 14.2. The maximum absolute atomic E-state index is 11.1. The van der Waals surface area contributed by atoms with Gasteiger partial charge in [0.15, 0.2) is 0 Å². The fraction of sp³-hybridized carbons (Fsp3) is 0.188. The number of anilines is 2. The fourth-order valence-electron chi connectivity index (χ4n) is 1.94. The van der Waals surface area contributed by atoms with Gasteiger partial charge in [-0.05, 0) is 58.2 Å². The summed E-state index contributed by atoms with van der Waals surface area (Å²) in [6, 6.07) is 11.7. The highest BCUT2D eigenvalue weighted by molar-refractivity contribution is 9.10. The van der Waals surface area contributed by atoms with E-state index in [1.54, 1.807) is 0 Å². The molecule has 2 N–H and O–H groups in total. The number of benzene rings is 2. The molecule has 2 aromatic carbocycles. The SMILES string of the molecule is CC(=O)Nc1ccc(C)c(NCc2ccc(Br)c(Cl)c2)c1. The molecule has 2 aromatic rings. The molecule has 0 radical (unpaired) electrons. The van der Waals surface area contributed by atoms with Crippen molar-refractivity contribution in [2.75, 3.05) is 10.6 Å². The van der Waals surface area contributed by atoms with E-state index in [0.29, 0.717) is 11.6 Å². The van der Waals surface area contributed by atoms with Crippen LogP contribution in [0, 0.1) is 6.92 Å². The molecule has 21 heavy (non-hydrogen) atoms. The van der Waals surface area contributed by atoms with Crippen LogP contribution in [0.25, 0.3) is 0 Å². The van der Waals surface area contributed by atoms with E-state index in [2.05, 4.69) is 26.6 Å². The lowest BCUT2D eigenvalue weighted by molar-refractivity contribution is -0.114. The second-order valence-electron chi connectivity index (χ2n) is 4.81. The maximum atomic E-state index is 11.1. The van der Waals surface area contributed by atoms with Crippen molar-refractivity contribution in [2.45, 2.75) is 20.4 Å². The van der Waals surface area contributed by atoms with Crippen molar-refractivity contribution >= 4 is 44.8 Å². The van der Waals surface area contributed by atoms with Crippen molar-refractivity contribution in [3.63, 3.8) is 0 Å². The van der Waals surface area contributed by atoms with Gasteiger partial charge < -0.3 is 10.6 Å². The number of hydrogen-bond acceptors (Lipinski definition) is 2. The summed E-state index contributed by atoms with van der Waals surface area (Å²) < 4.78 is 0.886. The highest BCUT2D eigenvalue weighted by Gasteiger charge is 2.03. The van der Waals surface area contributed by atoms with Crippen molar-refractivity contribution in [3.8, 4) is 0 Å². The molecular formula is C16H16BrClN2O. The van der Waals surface area contributed by atoms with Crippen LogP contribution in [-0.4, -0.2) is 5.91 Å². The third-order valence-electron chi connectivity index (χ3n) is 3.02. The van der Waals surface area contributed by atoms with Crippen LogP contribution in [0.1, 0.15) is 18.1 Å². The molecular weight excluding hydrogens is 352 g/mol. The molecule has 0 saturated carbocycles. The van der Waals surface area contributed by atoms with Crippen LogP contribution >= 0.6 is 27.5 Å². The van der Waals surface area contributed by atoms with Crippen molar-refractivity contribution in [1.82, 2.24) is 0 Å². The average molecular weight is 368 g/mol. The summed E-state index contributed by atoms with van der Waals surface area (Å²) in [5, 5.41) is 6.84. The summed E-state index contributed by atoms with van der Waals surface area (Å²) in [5.41, 5.74) is 3.98. The monoisotopic (exact) mass is 366 g/mol. The first-order valence-electron chi connectivity index (χ1n) is 6.52. The standard InChI is InChI=1S/C16H16BrClN2O/c1-10-3-5-13(20-11(2)21)8-16(10)19-9-12-4-6-14(17)15(18)7-12/h3-8,19H,9H2,1-2H3,(H,20,21). The van der Waals surface area contributed by atoms with E-state index >= 15 is 0 Å². The van der Waals surface area contributed by atoms with Gasteiger partial charge in [-0.1, -0.05) is 23.7 Å². The summed E-state index contributed by atoms with van der Waals surface area (Å²) in [6.07, 6.45) is 0. The molecule has 2 rings (SSSR count). The lowest BCUT2D eigenvalue weighted by atomic mass is 10.1. The molecule has 0 aliphatic heterocycles. The van der Waals surface area contributed by atoms with E-state index in [4.69, 9.17) is 11.6 Å². The minimum Gasteiger partial charge on any atom is -0.381 e. The Morgan fingerprint density at radius 2 is 2.00 bits per heavy atom. The molecule has 0 saturated heterocycles. The highest BCUT2D eigenvalue weighted by atomic mass is 79.9. The van der Waals surface area contributed by atoms with Gasteiger partial charge in [-0.2, -0.15) is 0 Å². The zero-order valence-electron chi connectivity index (χ0n) is 11.8. The van der Waals surface area contributed by atoms with Crippen LogP contribution in [0.15, 0.2) is 40.9 Å².